The fourth-order valence-electron chi connectivity index (χ4n) is 3.26. The van der Waals surface area contributed by atoms with Crippen molar-refractivity contribution >= 4 is 40.9 Å². The van der Waals surface area contributed by atoms with Crippen LogP contribution in [0.15, 0.2) is 60.8 Å². The predicted octanol–water partition coefficient (Wildman–Crippen LogP) is 5.43. The summed E-state index contributed by atoms with van der Waals surface area (Å²) in [7, 11) is 0. The molecule has 224 valence electrons. The van der Waals surface area contributed by atoms with Crippen LogP contribution in [-0.4, -0.2) is 61.0 Å². The van der Waals surface area contributed by atoms with Crippen LogP contribution in [0.2, 0.25) is 5.02 Å². The lowest BCUT2D eigenvalue weighted by Crippen LogP contribution is -2.28. The summed E-state index contributed by atoms with van der Waals surface area (Å²) in [5.41, 5.74) is -0.707. The summed E-state index contributed by atoms with van der Waals surface area (Å²) in [5, 5.41) is 15.5. The minimum absolute atomic E-state index is 0.0845. The van der Waals surface area contributed by atoms with Crippen molar-refractivity contribution in [1.82, 2.24) is 10.3 Å². The molecular weight excluding hydrogens is 585 g/mol. The van der Waals surface area contributed by atoms with E-state index in [-0.39, 0.29) is 50.8 Å². The number of halogens is 4. The Morgan fingerprint density at radius 2 is 1.52 bits per heavy atom. The van der Waals surface area contributed by atoms with Crippen LogP contribution in [0.5, 0.6) is 11.5 Å². The normalized spacial score (nSPS) is 11.0. The maximum Gasteiger partial charge on any atom is 0.417 e. The SMILES string of the molecule is O=C(O)CCOCCOCCNC(=O)c1cc(Oc2ccc(NC(=O)Nc3ccc(Cl)c(C(F)(F)F)c3)cc2)ccn1. The number of rotatable bonds is 14. The van der Waals surface area contributed by atoms with Gasteiger partial charge < -0.3 is 35.3 Å². The number of urea groups is 1. The van der Waals surface area contributed by atoms with Crippen molar-refractivity contribution in [3.63, 3.8) is 0 Å². The van der Waals surface area contributed by atoms with Gasteiger partial charge in [0, 0.05) is 30.2 Å². The van der Waals surface area contributed by atoms with Crippen molar-refractivity contribution in [3.05, 3.63) is 77.1 Å². The van der Waals surface area contributed by atoms with E-state index in [2.05, 4.69) is 20.9 Å². The fourth-order valence-corrected chi connectivity index (χ4v) is 3.49. The van der Waals surface area contributed by atoms with E-state index in [1.165, 1.54) is 30.5 Å². The average Bonchev–Trinajstić information content (AvgIpc) is 2.93. The lowest BCUT2D eigenvalue weighted by atomic mass is 10.2. The molecule has 0 saturated heterocycles. The van der Waals surface area contributed by atoms with Crippen LogP contribution in [0, 0.1) is 0 Å². The molecular formula is C27H26ClF3N4O7. The topological polar surface area (TPSA) is 148 Å². The van der Waals surface area contributed by atoms with E-state index < -0.39 is 34.7 Å². The molecule has 0 fully saturated rings. The standard InChI is InChI=1S/C27H26ClF3N4O7/c28-22-6-3-18(15-21(22)27(29,30)31)35-26(39)34-17-1-4-19(5-2-17)42-20-7-9-32-23(16-20)25(38)33-10-12-41-14-13-40-11-8-24(36)37/h1-7,9,15-16H,8,10-14H2,(H,33,38)(H,36,37)(H2,34,35,39). The number of carboxylic acids is 1. The Kier molecular flexibility index (Phi) is 11.9. The molecule has 0 radical (unpaired) electrons. The molecule has 0 saturated carbocycles. The molecule has 0 spiro atoms. The number of carboxylic acid groups (broad SMARTS) is 1. The first-order valence-corrected chi connectivity index (χ1v) is 12.7. The number of carbonyl (C=O) groups is 3. The van der Waals surface area contributed by atoms with Gasteiger partial charge in [-0.2, -0.15) is 13.2 Å². The molecule has 0 aliphatic heterocycles. The summed E-state index contributed by atoms with van der Waals surface area (Å²) in [6.45, 7) is 1.02. The molecule has 3 rings (SSSR count). The van der Waals surface area contributed by atoms with Crippen LogP contribution < -0.4 is 20.7 Å². The van der Waals surface area contributed by atoms with Gasteiger partial charge in [-0.1, -0.05) is 11.6 Å². The first kappa shape index (κ1) is 32.1. The Balaban J connectivity index is 1.43. The summed E-state index contributed by atoms with van der Waals surface area (Å²) in [6.07, 6.45) is -3.35. The van der Waals surface area contributed by atoms with Gasteiger partial charge in [0.05, 0.1) is 43.4 Å². The van der Waals surface area contributed by atoms with Gasteiger partial charge in [-0.15, -0.1) is 0 Å². The highest BCUT2D eigenvalue weighted by atomic mass is 35.5. The third-order valence-electron chi connectivity index (χ3n) is 5.21. The van der Waals surface area contributed by atoms with E-state index in [1.54, 1.807) is 18.2 Å². The van der Waals surface area contributed by atoms with E-state index in [1.807, 2.05) is 0 Å². The van der Waals surface area contributed by atoms with Gasteiger partial charge in [0.25, 0.3) is 5.91 Å². The van der Waals surface area contributed by atoms with Gasteiger partial charge in [0.2, 0.25) is 0 Å². The fraction of sp³-hybridized carbons (Fsp3) is 0.259. The molecule has 0 aliphatic carbocycles. The van der Waals surface area contributed by atoms with Gasteiger partial charge in [-0.3, -0.25) is 14.6 Å². The number of benzene rings is 2. The summed E-state index contributed by atoms with van der Waals surface area (Å²) in [4.78, 5) is 39.0. The largest absolute Gasteiger partial charge is 0.481 e. The van der Waals surface area contributed by atoms with Gasteiger partial charge in [0.1, 0.15) is 17.2 Å². The number of hydrogen-bond acceptors (Lipinski definition) is 7. The Bertz CT molecular complexity index is 1370. The number of carbonyl (C=O) groups excluding carboxylic acids is 2. The van der Waals surface area contributed by atoms with Crippen molar-refractivity contribution in [1.29, 1.82) is 0 Å². The molecule has 1 heterocycles. The molecule has 2 aromatic carbocycles. The smallest absolute Gasteiger partial charge is 0.417 e. The minimum Gasteiger partial charge on any atom is -0.481 e. The zero-order chi connectivity index (χ0) is 30.5. The van der Waals surface area contributed by atoms with Crippen LogP contribution in [0.4, 0.5) is 29.3 Å². The monoisotopic (exact) mass is 610 g/mol. The first-order valence-electron chi connectivity index (χ1n) is 12.4. The number of hydrogen-bond donors (Lipinski definition) is 4. The molecule has 0 bridgehead atoms. The van der Waals surface area contributed by atoms with E-state index >= 15 is 0 Å². The van der Waals surface area contributed by atoms with E-state index in [4.69, 9.17) is 30.9 Å². The summed E-state index contributed by atoms with van der Waals surface area (Å²) >= 11 is 5.59. The van der Waals surface area contributed by atoms with Gasteiger partial charge in [-0.05, 0) is 48.5 Å². The molecule has 1 aromatic heterocycles. The van der Waals surface area contributed by atoms with Crippen molar-refractivity contribution in [2.75, 3.05) is 43.6 Å². The van der Waals surface area contributed by atoms with Crippen molar-refractivity contribution in [2.24, 2.45) is 0 Å². The average molecular weight is 611 g/mol. The summed E-state index contributed by atoms with van der Waals surface area (Å²) in [6, 6.07) is 11.4. The molecule has 15 heteroatoms. The molecule has 3 aromatic rings. The first-order chi connectivity index (χ1) is 20.0. The highest BCUT2D eigenvalue weighted by Crippen LogP contribution is 2.36. The number of amides is 3. The molecule has 0 unspecified atom stereocenters. The lowest BCUT2D eigenvalue weighted by molar-refractivity contribution is -0.138. The van der Waals surface area contributed by atoms with Crippen LogP contribution >= 0.6 is 11.6 Å². The second kappa shape index (κ2) is 15.6. The van der Waals surface area contributed by atoms with E-state index in [9.17, 15) is 27.6 Å². The molecule has 4 N–H and O–H groups in total. The molecule has 0 atom stereocenters. The second-order valence-corrected chi connectivity index (χ2v) is 8.81. The maximum atomic E-state index is 13.0. The highest BCUT2D eigenvalue weighted by Gasteiger charge is 2.33. The number of aromatic nitrogens is 1. The Hall–Kier alpha value is -4.40. The highest BCUT2D eigenvalue weighted by molar-refractivity contribution is 6.31. The summed E-state index contributed by atoms with van der Waals surface area (Å²) in [5.74, 6) is -0.686. The number of aliphatic carboxylic acids is 1. The van der Waals surface area contributed by atoms with Crippen LogP contribution in [0.1, 0.15) is 22.5 Å². The molecule has 11 nitrogen and oxygen atoms in total. The second-order valence-electron chi connectivity index (χ2n) is 8.40. The minimum atomic E-state index is -4.67. The number of alkyl halides is 3. The number of anilines is 2. The third kappa shape index (κ3) is 10.9. The quantitative estimate of drug-likeness (QED) is 0.177. The van der Waals surface area contributed by atoms with Crippen LogP contribution in [0.25, 0.3) is 0 Å². The van der Waals surface area contributed by atoms with Crippen molar-refractivity contribution < 1.29 is 46.9 Å². The zero-order valence-corrected chi connectivity index (χ0v) is 22.6. The number of ether oxygens (including phenoxy) is 3. The van der Waals surface area contributed by atoms with Crippen LogP contribution in [-0.2, 0) is 20.4 Å². The predicted molar refractivity (Wildman–Crippen MR) is 146 cm³/mol. The van der Waals surface area contributed by atoms with Crippen LogP contribution in [0.3, 0.4) is 0 Å². The van der Waals surface area contributed by atoms with Gasteiger partial charge >= 0.3 is 18.2 Å². The maximum absolute atomic E-state index is 13.0. The van der Waals surface area contributed by atoms with Gasteiger partial charge in [0.15, 0.2) is 0 Å². The summed E-state index contributed by atoms with van der Waals surface area (Å²) < 4.78 is 55.2. The molecule has 42 heavy (non-hydrogen) atoms. The Morgan fingerprint density at radius 3 is 2.21 bits per heavy atom. The van der Waals surface area contributed by atoms with Gasteiger partial charge in [-0.25, -0.2) is 4.79 Å². The zero-order valence-electron chi connectivity index (χ0n) is 21.9. The molecule has 0 aliphatic rings. The number of nitrogens with one attached hydrogen (secondary N) is 3. The Labute approximate surface area is 242 Å². The van der Waals surface area contributed by atoms with E-state index in [0.29, 0.717) is 17.2 Å². The number of pyridine rings is 1. The lowest BCUT2D eigenvalue weighted by Gasteiger charge is -2.12. The van der Waals surface area contributed by atoms with Crippen molar-refractivity contribution in [2.45, 2.75) is 12.6 Å². The van der Waals surface area contributed by atoms with E-state index in [0.717, 1.165) is 12.1 Å². The van der Waals surface area contributed by atoms with Crippen molar-refractivity contribution in [3.8, 4) is 11.5 Å². The third-order valence-corrected chi connectivity index (χ3v) is 5.54. The molecule has 3 amide bonds. The Morgan fingerprint density at radius 1 is 0.857 bits per heavy atom. The number of nitrogens with zero attached hydrogens (tertiary/aromatic N) is 1.